The summed E-state index contributed by atoms with van der Waals surface area (Å²) < 4.78 is 49.9. The van der Waals surface area contributed by atoms with Crippen molar-refractivity contribution < 1.29 is 41.5 Å². The Balaban J connectivity index is 1.04. The topological polar surface area (TPSA) is 165 Å². The number of likely N-dealkylation sites (tertiary alicyclic amines) is 1. The van der Waals surface area contributed by atoms with Gasteiger partial charge in [-0.15, -0.1) is 11.3 Å². The number of thiophene rings is 1. The van der Waals surface area contributed by atoms with Gasteiger partial charge in [0.15, 0.2) is 9.84 Å². The Morgan fingerprint density at radius 1 is 1.02 bits per heavy atom. The second kappa shape index (κ2) is 11.4. The molecule has 1 aromatic carbocycles. The van der Waals surface area contributed by atoms with E-state index >= 15 is 0 Å². The number of alkyl halides is 1. The highest BCUT2D eigenvalue weighted by Crippen LogP contribution is 2.53. The van der Waals surface area contributed by atoms with Crippen LogP contribution in [0.15, 0.2) is 24.3 Å². The molecule has 1 aromatic heterocycles. The lowest BCUT2D eigenvalue weighted by molar-refractivity contribution is -0.151. The molecule has 45 heavy (non-hydrogen) atoms. The van der Waals surface area contributed by atoms with Gasteiger partial charge < -0.3 is 24.9 Å². The molecule has 1 saturated carbocycles. The lowest BCUT2D eigenvalue weighted by Gasteiger charge is -2.48. The van der Waals surface area contributed by atoms with Gasteiger partial charge in [0.25, 0.3) is 5.91 Å². The van der Waals surface area contributed by atoms with Gasteiger partial charge in [0, 0.05) is 43.0 Å². The number of hydrogen-bond donors (Lipinski definition) is 3. The minimum absolute atomic E-state index is 0.0593. The van der Waals surface area contributed by atoms with Crippen LogP contribution in [0.4, 0.5) is 4.39 Å². The molecule has 244 valence electrons. The van der Waals surface area contributed by atoms with Gasteiger partial charge in [-0.2, -0.15) is 0 Å². The molecule has 3 amide bonds. The Morgan fingerprint density at radius 3 is 2.44 bits per heavy atom. The number of carbonyl (C=O) groups is 3. The smallest absolute Gasteiger partial charge is 0.340 e. The van der Waals surface area contributed by atoms with E-state index in [0.717, 1.165) is 30.6 Å². The summed E-state index contributed by atoms with van der Waals surface area (Å²) in [5.41, 5.74) is -0.177. The Morgan fingerprint density at radius 2 is 1.73 bits per heavy atom. The summed E-state index contributed by atoms with van der Waals surface area (Å²) >= 11 is 1.14. The van der Waals surface area contributed by atoms with Gasteiger partial charge in [0.2, 0.25) is 17.7 Å². The summed E-state index contributed by atoms with van der Waals surface area (Å²) in [6.45, 7) is 1.97. The maximum Gasteiger partial charge on any atom is 0.363 e. The van der Waals surface area contributed by atoms with Crippen LogP contribution < -0.4 is 5.32 Å². The number of halogens is 1. The van der Waals surface area contributed by atoms with Crippen LogP contribution in [-0.4, -0.2) is 112 Å². The lowest BCUT2D eigenvalue weighted by Crippen LogP contribution is -2.66. The maximum atomic E-state index is 14.3. The van der Waals surface area contributed by atoms with Crippen LogP contribution in [0.1, 0.15) is 53.3 Å². The Labute approximate surface area is 264 Å². The van der Waals surface area contributed by atoms with Crippen molar-refractivity contribution in [2.75, 3.05) is 37.7 Å². The fourth-order valence-corrected chi connectivity index (χ4v) is 10.3. The van der Waals surface area contributed by atoms with Crippen LogP contribution in [0.3, 0.4) is 0 Å². The van der Waals surface area contributed by atoms with Crippen LogP contribution in [0.25, 0.3) is 10.1 Å². The number of hydrogen-bond acceptors (Lipinski definition) is 8. The molecular weight excluding hydrogens is 646 g/mol. The van der Waals surface area contributed by atoms with Gasteiger partial charge >= 0.3 is 7.60 Å². The number of rotatable bonds is 6. The summed E-state index contributed by atoms with van der Waals surface area (Å²) in [6.07, 6.45) is 3.63. The number of carbonyl (C=O) groups excluding carboxylic acids is 3. The second-order valence-corrected chi connectivity index (χ2v) is 18.2. The monoisotopic (exact) mass is 682 g/mol. The number of benzene rings is 1. The number of nitrogens with zero attached hydrogens (tertiary/aromatic N) is 3. The van der Waals surface area contributed by atoms with Crippen molar-refractivity contribution in [3.63, 3.8) is 0 Å². The predicted molar refractivity (Wildman–Crippen MR) is 164 cm³/mol. The quantitative estimate of drug-likeness (QED) is 0.386. The third kappa shape index (κ3) is 6.07. The van der Waals surface area contributed by atoms with E-state index in [0.29, 0.717) is 65.8 Å². The summed E-state index contributed by atoms with van der Waals surface area (Å²) in [6, 6.07) is 4.33. The molecule has 6 atom stereocenters. The number of sulfone groups is 1. The third-order valence-electron chi connectivity index (χ3n) is 10.2. The third-order valence-corrected chi connectivity index (χ3v) is 13.8. The first kappa shape index (κ1) is 31.2. The van der Waals surface area contributed by atoms with Gasteiger partial charge in [-0.25, -0.2) is 12.8 Å². The largest absolute Gasteiger partial charge is 0.363 e. The van der Waals surface area contributed by atoms with Gasteiger partial charge in [-0.1, -0.05) is 6.07 Å². The molecular formula is C29H36FN4O8PS2. The van der Waals surface area contributed by atoms with E-state index in [1.165, 1.54) is 24.3 Å². The van der Waals surface area contributed by atoms with Crippen molar-refractivity contribution in [2.45, 2.75) is 62.2 Å². The first-order valence-electron chi connectivity index (χ1n) is 15.4. The zero-order valence-corrected chi connectivity index (χ0v) is 27.0. The summed E-state index contributed by atoms with van der Waals surface area (Å²) in [4.78, 5) is 65.6. The van der Waals surface area contributed by atoms with Gasteiger partial charge in [0.05, 0.1) is 16.4 Å². The van der Waals surface area contributed by atoms with Crippen LogP contribution in [0, 0.1) is 11.8 Å². The van der Waals surface area contributed by atoms with Gasteiger partial charge in [-0.3, -0.25) is 23.8 Å². The summed E-state index contributed by atoms with van der Waals surface area (Å²) in [5.74, 6) is -2.22. The lowest BCUT2D eigenvalue weighted by atomic mass is 9.98. The fourth-order valence-electron chi connectivity index (χ4n) is 7.55. The molecule has 1 aliphatic carbocycles. The highest BCUT2D eigenvalue weighted by molar-refractivity contribution is 7.91. The summed E-state index contributed by atoms with van der Waals surface area (Å²) in [7, 11) is -7.97. The van der Waals surface area contributed by atoms with E-state index in [-0.39, 0.29) is 41.0 Å². The molecule has 0 radical (unpaired) electrons. The molecule has 4 aliphatic heterocycles. The Hall–Kier alpha value is -2.42. The minimum Gasteiger partial charge on any atom is -0.340 e. The van der Waals surface area contributed by atoms with E-state index in [1.807, 2.05) is 0 Å². The Bertz CT molecular complexity index is 1690. The molecule has 4 saturated heterocycles. The molecule has 16 heteroatoms. The van der Waals surface area contributed by atoms with Gasteiger partial charge in [0.1, 0.15) is 12.1 Å². The highest BCUT2D eigenvalue weighted by Gasteiger charge is 2.52. The number of fused-ring (bicyclic) bond motifs is 3. The van der Waals surface area contributed by atoms with Crippen LogP contribution in [-0.2, 0) is 24.0 Å². The molecule has 1 unspecified atom stereocenters. The van der Waals surface area contributed by atoms with E-state index < -0.39 is 41.3 Å². The minimum atomic E-state index is -4.98. The standard InChI is InChI=1S/C29H36FN4O8PS2/c30-26(43(38,39)40)16-1-4-24-19(9-16)13-25(44-24)27(35)31-22-12-18-10-17(18)11-20-2-3-23(34(20)28(22)36)29(37)33-14-21(15-33)32-5-7-45(41,42)8-6-32/h1,4,9,13,17-18,20-23,26H,2-3,5-8,10-12,14-15H2,(H,31,35)(H2,38,39,40)/t17-,18+,20-,22+,23+,26?/m1/s1. The molecule has 5 aliphatic rings. The molecule has 2 aromatic rings. The molecule has 5 fully saturated rings. The molecule has 0 bridgehead atoms. The van der Waals surface area contributed by atoms with Crippen molar-refractivity contribution in [3.8, 4) is 0 Å². The van der Waals surface area contributed by atoms with Gasteiger partial charge in [-0.05, 0) is 73.1 Å². The maximum absolute atomic E-state index is 14.3. The molecule has 0 spiro atoms. The van der Waals surface area contributed by atoms with Crippen molar-refractivity contribution in [2.24, 2.45) is 11.8 Å². The van der Waals surface area contributed by atoms with E-state index in [2.05, 4.69) is 10.2 Å². The summed E-state index contributed by atoms with van der Waals surface area (Å²) in [5, 5.41) is 3.39. The molecule has 5 heterocycles. The van der Waals surface area contributed by atoms with Crippen molar-refractivity contribution in [1.29, 1.82) is 0 Å². The predicted octanol–water partition coefficient (Wildman–Crippen LogP) is 1.88. The van der Waals surface area contributed by atoms with E-state index in [4.69, 9.17) is 0 Å². The normalized spacial score (nSPS) is 31.0. The Kier molecular flexibility index (Phi) is 7.89. The molecule has 12 nitrogen and oxygen atoms in total. The van der Waals surface area contributed by atoms with E-state index in [1.54, 1.807) is 9.80 Å². The van der Waals surface area contributed by atoms with Crippen LogP contribution in [0.5, 0.6) is 0 Å². The van der Waals surface area contributed by atoms with Crippen molar-refractivity contribution in [3.05, 3.63) is 34.7 Å². The average molecular weight is 683 g/mol. The second-order valence-electron chi connectivity index (χ2n) is 13.2. The van der Waals surface area contributed by atoms with Crippen LogP contribution >= 0.6 is 18.9 Å². The molecule has 7 rings (SSSR count). The van der Waals surface area contributed by atoms with Crippen molar-refractivity contribution in [1.82, 2.24) is 20.0 Å². The SMILES string of the molecule is O=C(N[C@H]1C[C@@H]2C[C@@H]2C[C@H]2CC[C@@H](C(=O)N3CC(N4CCS(=O)(=O)CC4)C3)N2C1=O)c1cc2cc(C(F)P(=O)(O)O)ccc2s1. The first-order valence-corrected chi connectivity index (χ1v) is 19.7. The molecule has 3 N–H and O–H groups in total. The van der Waals surface area contributed by atoms with Crippen molar-refractivity contribution >= 4 is 56.6 Å². The number of nitrogens with one attached hydrogen (secondary N) is 1. The first-order chi connectivity index (χ1) is 21.3. The number of amides is 3. The zero-order chi connectivity index (χ0) is 31.8. The zero-order valence-electron chi connectivity index (χ0n) is 24.5. The van der Waals surface area contributed by atoms with E-state index in [9.17, 15) is 41.5 Å². The fraction of sp³-hybridized carbons (Fsp3) is 0.621. The van der Waals surface area contributed by atoms with Crippen LogP contribution in [0.2, 0.25) is 0 Å². The average Bonchev–Trinajstić information content (AvgIpc) is 3.33. The highest BCUT2D eigenvalue weighted by atomic mass is 32.2.